The number of benzene rings is 2. The van der Waals surface area contributed by atoms with Crippen molar-refractivity contribution in [2.24, 2.45) is 0 Å². The van der Waals surface area contributed by atoms with Crippen molar-refractivity contribution in [3.05, 3.63) is 70.2 Å². The van der Waals surface area contributed by atoms with E-state index in [2.05, 4.69) is 10.2 Å². The highest BCUT2D eigenvalue weighted by Gasteiger charge is 2.23. The van der Waals surface area contributed by atoms with Gasteiger partial charge in [0.25, 0.3) is 5.91 Å². The van der Waals surface area contributed by atoms with E-state index in [1.54, 1.807) is 0 Å². The van der Waals surface area contributed by atoms with Gasteiger partial charge < -0.3 is 10.1 Å². The number of morpholine rings is 1. The second kappa shape index (κ2) is 8.48. The van der Waals surface area contributed by atoms with E-state index >= 15 is 0 Å². The summed E-state index contributed by atoms with van der Waals surface area (Å²) in [7, 11) is 0. The van der Waals surface area contributed by atoms with Gasteiger partial charge >= 0.3 is 0 Å². The molecule has 0 aromatic heterocycles. The van der Waals surface area contributed by atoms with Gasteiger partial charge in [-0.2, -0.15) is 0 Å². The van der Waals surface area contributed by atoms with Gasteiger partial charge in [-0.25, -0.2) is 0 Å². The van der Waals surface area contributed by atoms with Gasteiger partial charge in [-0.1, -0.05) is 41.4 Å². The zero-order valence-corrected chi connectivity index (χ0v) is 15.1. The number of carbonyl (C=O) groups is 1. The molecule has 0 saturated carbocycles. The number of carbonyl (C=O) groups excluding carboxylic acids is 1. The Labute approximate surface area is 153 Å². The Balaban J connectivity index is 1.71. The zero-order chi connectivity index (χ0) is 17.6. The van der Waals surface area contributed by atoms with E-state index in [0.29, 0.717) is 17.1 Å². The third-order valence-electron chi connectivity index (χ3n) is 4.51. The molecule has 0 spiro atoms. The molecule has 0 aliphatic carbocycles. The molecule has 0 unspecified atom stereocenters. The molecule has 1 atom stereocenters. The van der Waals surface area contributed by atoms with Crippen LogP contribution in [-0.2, 0) is 4.74 Å². The molecule has 1 saturated heterocycles. The van der Waals surface area contributed by atoms with Crippen LogP contribution >= 0.6 is 11.6 Å². The quantitative estimate of drug-likeness (QED) is 0.890. The largest absolute Gasteiger partial charge is 0.379 e. The predicted octanol–water partition coefficient (Wildman–Crippen LogP) is 3.45. The lowest BCUT2D eigenvalue weighted by atomic mass is 10.0. The average molecular weight is 359 g/mol. The molecular weight excluding hydrogens is 336 g/mol. The minimum absolute atomic E-state index is 0.0489. The molecule has 3 rings (SSSR count). The molecule has 5 heteroatoms. The Morgan fingerprint density at radius 3 is 2.40 bits per heavy atom. The van der Waals surface area contributed by atoms with Gasteiger partial charge in [-0.05, 0) is 36.8 Å². The molecule has 2 aromatic rings. The molecule has 2 aromatic carbocycles. The summed E-state index contributed by atoms with van der Waals surface area (Å²) in [5.74, 6) is -0.0489. The summed E-state index contributed by atoms with van der Waals surface area (Å²) in [6.07, 6.45) is 0. The number of nitrogens with one attached hydrogen (secondary N) is 1. The third-order valence-corrected chi connectivity index (χ3v) is 4.76. The van der Waals surface area contributed by atoms with Crippen molar-refractivity contribution < 1.29 is 9.53 Å². The third kappa shape index (κ3) is 4.82. The highest BCUT2D eigenvalue weighted by atomic mass is 35.5. The second-order valence-electron chi connectivity index (χ2n) is 6.29. The normalized spacial score (nSPS) is 16.4. The van der Waals surface area contributed by atoms with E-state index in [-0.39, 0.29) is 11.9 Å². The first kappa shape index (κ1) is 17.9. The first-order valence-electron chi connectivity index (χ1n) is 8.55. The van der Waals surface area contributed by atoms with Crippen molar-refractivity contribution in [1.82, 2.24) is 10.2 Å². The van der Waals surface area contributed by atoms with Crippen LogP contribution in [0.2, 0.25) is 5.02 Å². The Morgan fingerprint density at radius 1 is 1.12 bits per heavy atom. The lowest BCUT2D eigenvalue weighted by Gasteiger charge is -2.35. The first-order chi connectivity index (χ1) is 12.1. The molecule has 25 heavy (non-hydrogen) atoms. The number of amides is 1. The zero-order valence-electron chi connectivity index (χ0n) is 14.4. The molecule has 1 amide bonds. The number of ether oxygens (including phenoxy) is 1. The van der Waals surface area contributed by atoms with Crippen LogP contribution in [0.4, 0.5) is 0 Å². The summed E-state index contributed by atoms with van der Waals surface area (Å²) >= 11 is 6.02. The minimum atomic E-state index is -0.0489. The number of halogens is 1. The van der Waals surface area contributed by atoms with Crippen molar-refractivity contribution in [3.63, 3.8) is 0 Å². The topological polar surface area (TPSA) is 41.6 Å². The fraction of sp³-hybridized carbons (Fsp3) is 0.350. The van der Waals surface area contributed by atoms with Crippen molar-refractivity contribution in [2.45, 2.75) is 13.0 Å². The number of rotatable bonds is 5. The molecule has 1 N–H and O–H groups in total. The monoisotopic (exact) mass is 358 g/mol. The highest BCUT2D eigenvalue weighted by molar-refractivity contribution is 6.30. The maximum absolute atomic E-state index is 12.5. The Morgan fingerprint density at radius 2 is 1.76 bits per heavy atom. The molecule has 1 fully saturated rings. The maximum Gasteiger partial charge on any atom is 0.251 e. The molecule has 1 aliphatic heterocycles. The van der Waals surface area contributed by atoms with Crippen LogP contribution in [0.1, 0.15) is 27.5 Å². The van der Waals surface area contributed by atoms with E-state index in [0.717, 1.165) is 37.4 Å². The minimum Gasteiger partial charge on any atom is -0.379 e. The molecule has 1 aliphatic rings. The van der Waals surface area contributed by atoms with Crippen LogP contribution in [0, 0.1) is 6.92 Å². The van der Waals surface area contributed by atoms with Gasteiger partial charge in [0.15, 0.2) is 0 Å². The summed E-state index contributed by atoms with van der Waals surface area (Å²) in [4.78, 5) is 14.8. The number of hydrogen-bond acceptors (Lipinski definition) is 3. The predicted molar refractivity (Wildman–Crippen MR) is 100 cm³/mol. The molecule has 0 radical (unpaired) electrons. The van der Waals surface area contributed by atoms with E-state index < -0.39 is 0 Å². The summed E-state index contributed by atoms with van der Waals surface area (Å²) in [5, 5.41) is 3.79. The number of nitrogens with zero attached hydrogens (tertiary/aromatic N) is 1. The van der Waals surface area contributed by atoms with Crippen molar-refractivity contribution in [2.75, 3.05) is 32.8 Å². The lowest BCUT2D eigenvalue weighted by molar-refractivity contribution is 0.0162. The van der Waals surface area contributed by atoms with Crippen molar-refractivity contribution in [1.29, 1.82) is 0 Å². The van der Waals surface area contributed by atoms with E-state index in [4.69, 9.17) is 16.3 Å². The van der Waals surface area contributed by atoms with Gasteiger partial charge in [0, 0.05) is 30.2 Å². The van der Waals surface area contributed by atoms with E-state index in [9.17, 15) is 4.79 Å². The van der Waals surface area contributed by atoms with Crippen LogP contribution in [0.5, 0.6) is 0 Å². The second-order valence-corrected chi connectivity index (χ2v) is 6.73. The average Bonchev–Trinajstić information content (AvgIpc) is 2.64. The maximum atomic E-state index is 12.5. The van der Waals surface area contributed by atoms with Gasteiger partial charge in [0.05, 0.1) is 19.3 Å². The van der Waals surface area contributed by atoms with Gasteiger partial charge in [0.2, 0.25) is 0 Å². The highest BCUT2D eigenvalue weighted by Crippen LogP contribution is 2.23. The molecule has 132 valence electrons. The van der Waals surface area contributed by atoms with Crippen LogP contribution in [0.3, 0.4) is 0 Å². The summed E-state index contributed by atoms with van der Waals surface area (Å²) < 4.78 is 5.46. The van der Waals surface area contributed by atoms with Crippen LogP contribution in [-0.4, -0.2) is 43.7 Å². The van der Waals surface area contributed by atoms with Gasteiger partial charge in [-0.15, -0.1) is 0 Å². The van der Waals surface area contributed by atoms with E-state index in [1.807, 2.05) is 55.5 Å². The van der Waals surface area contributed by atoms with Crippen molar-refractivity contribution in [3.8, 4) is 0 Å². The van der Waals surface area contributed by atoms with E-state index in [1.165, 1.54) is 0 Å². The summed E-state index contributed by atoms with van der Waals surface area (Å²) in [6.45, 7) is 5.71. The fourth-order valence-corrected chi connectivity index (χ4v) is 3.15. The van der Waals surface area contributed by atoms with Gasteiger partial charge in [0.1, 0.15) is 0 Å². The Hall–Kier alpha value is -1.88. The standard InChI is InChI=1S/C20H23ClN2O2/c1-15-2-4-17(5-3-15)20(24)22-14-19(23-10-12-25-13-11-23)16-6-8-18(21)9-7-16/h2-9,19H,10-14H2,1H3,(H,22,24)/t19-/m1/s1. The summed E-state index contributed by atoms with van der Waals surface area (Å²) in [6, 6.07) is 15.6. The Kier molecular flexibility index (Phi) is 6.08. The first-order valence-corrected chi connectivity index (χ1v) is 8.93. The molecular formula is C20H23ClN2O2. The number of hydrogen-bond donors (Lipinski definition) is 1. The molecule has 4 nitrogen and oxygen atoms in total. The lowest BCUT2D eigenvalue weighted by Crippen LogP contribution is -2.43. The van der Waals surface area contributed by atoms with Crippen LogP contribution < -0.4 is 5.32 Å². The Bertz CT molecular complexity index is 695. The smallest absolute Gasteiger partial charge is 0.251 e. The van der Waals surface area contributed by atoms with Crippen LogP contribution in [0.25, 0.3) is 0 Å². The van der Waals surface area contributed by atoms with Gasteiger partial charge in [-0.3, -0.25) is 9.69 Å². The van der Waals surface area contributed by atoms with Crippen molar-refractivity contribution >= 4 is 17.5 Å². The fourth-order valence-electron chi connectivity index (χ4n) is 3.03. The number of aryl methyl sites for hydroxylation is 1. The SMILES string of the molecule is Cc1ccc(C(=O)NC[C@H](c2ccc(Cl)cc2)N2CCOCC2)cc1. The van der Waals surface area contributed by atoms with Crippen LogP contribution in [0.15, 0.2) is 48.5 Å². The molecule has 0 bridgehead atoms. The molecule has 1 heterocycles. The summed E-state index contributed by atoms with van der Waals surface area (Å²) in [5.41, 5.74) is 2.97.